The molecule has 0 aliphatic heterocycles. The molecule has 0 atom stereocenters. The number of H-pyrrole nitrogens is 1. The van der Waals surface area contributed by atoms with Crippen molar-refractivity contribution in [2.24, 2.45) is 12.1 Å². The summed E-state index contributed by atoms with van der Waals surface area (Å²) in [6, 6.07) is 9.55. The highest BCUT2D eigenvalue weighted by molar-refractivity contribution is 5.80. The maximum absolute atomic E-state index is 11.7. The molecule has 0 aliphatic carbocycles. The van der Waals surface area contributed by atoms with Gasteiger partial charge in [0, 0.05) is 19.7 Å². The van der Waals surface area contributed by atoms with Gasteiger partial charge >= 0.3 is 5.69 Å². The number of benzene rings is 1. The maximum Gasteiger partial charge on any atom is 0.329 e. The van der Waals surface area contributed by atoms with E-state index in [1.807, 2.05) is 19.1 Å². The van der Waals surface area contributed by atoms with Crippen LogP contribution in [0.15, 0.2) is 45.0 Å². The number of hydrazone groups is 1. The largest absolute Gasteiger partial charge is 0.329 e. The van der Waals surface area contributed by atoms with Crippen molar-refractivity contribution < 1.29 is 0 Å². The second-order valence-electron chi connectivity index (χ2n) is 5.31. The first-order valence-electron chi connectivity index (χ1n) is 7.76. The number of hydrogen-bond donors (Lipinski definition) is 1. The minimum atomic E-state index is -0.454. The molecule has 1 heterocycles. The van der Waals surface area contributed by atoms with Crippen LogP contribution in [0, 0.1) is 0 Å². The number of nitrogens with zero attached hydrogens (tertiary/aromatic N) is 3. The first-order chi connectivity index (χ1) is 11.0. The Kier molecular flexibility index (Phi) is 5.51. The van der Waals surface area contributed by atoms with Gasteiger partial charge in [0.25, 0.3) is 5.56 Å². The van der Waals surface area contributed by atoms with Gasteiger partial charge in [0.05, 0.1) is 6.21 Å². The van der Waals surface area contributed by atoms with Crippen molar-refractivity contribution in [3.63, 3.8) is 0 Å². The van der Waals surface area contributed by atoms with Crippen LogP contribution in [-0.4, -0.2) is 22.3 Å². The number of aromatic amines is 1. The Balaban J connectivity index is 2.22. The molecule has 1 aromatic heterocycles. The molecule has 2 rings (SSSR count). The van der Waals surface area contributed by atoms with E-state index in [2.05, 4.69) is 29.1 Å². The number of anilines is 1. The zero-order chi connectivity index (χ0) is 16.8. The highest BCUT2D eigenvalue weighted by Crippen LogP contribution is 2.08. The number of hydrogen-bond acceptors (Lipinski definition) is 4. The summed E-state index contributed by atoms with van der Waals surface area (Å²) in [6.45, 7) is 4.59. The van der Waals surface area contributed by atoms with Gasteiger partial charge in [-0.1, -0.05) is 37.6 Å². The van der Waals surface area contributed by atoms with Gasteiger partial charge in [0.15, 0.2) is 0 Å². The monoisotopic (exact) mass is 314 g/mol. The van der Waals surface area contributed by atoms with E-state index in [0.29, 0.717) is 12.4 Å². The summed E-state index contributed by atoms with van der Waals surface area (Å²) in [5.74, 6) is 0.388. The Bertz CT molecular complexity index is 756. The SMILES string of the molecule is CCCc1ccc(C=NN(CC)c2cc(=O)n(C)c(=O)[nH]2)cc1. The fourth-order valence-electron chi connectivity index (χ4n) is 2.19. The van der Waals surface area contributed by atoms with Crippen molar-refractivity contribution >= 4 is 12.0 Å². The summed E-state index contributed by atoms with van der Waals surface area (Å²) in [5, 5.41) is 5.95. The van der Waals surface area contributed by atoms with Crippen molar-refractivity contribution in [2.45, 2.75) is 26.7 Å². The molecule has 122 valence electrons. The first-order valence-corrected chi connectivity index (χ1v) is 7.76. The molecular formula is C17H22N4O2. The van der Waals surface area contributed by atoms with Gasteiger partial charge in [-0.25, -0.2) is 9.80 Å². The standard InChI is InChI=1S/C17H22N4O2/c1-4-6-13-7-9-14(10-8-13)12-18-21(5-2)15-11-16(22)20(3)17(23)19-15/h7-12H,4-6H2,1-3H3,(H,19,23). The van der Waals surface area contributed by atoms with E-state index in [1.54, 1.807) is 11.2 Å². The van der Waals surface area contributed by atoms with Gasteiger partial charge in [0.2, 0.25) is 0 Å². The van der Waals surface area contributed by atoms with E-state index >= 15 is 0 Å². The van der Waals surface area contributed by atoms with E-state index in [9.17, 15) is 9.59 Å². The third kappa shape index (κ3) is 4.18. The maximum atomic E-state index is 11.7. The lowest BCUT2D eigenvalue weighted by molar-refractivity contribution is 0.756. The quantitative estimate of drug-likeness (QED) is 0.654. The van der Waals surface area contributed by atoms with Gasteiger partial charge in [-0.15, -0.1) is 0 Å². The molecular weight excluding hydrogens is 292 g/mol. The second kappa shape index (κ2) is 7.58. The minimum Gasteiger partial charge on any atom is -0.292 e. The van der Waals surface area contributed by atoms with Crippen LogP contribution in [0.2, 0.25) is 0 Å². The zero-order valence-corrected chi connectivity index (χ0v) is 13.7. The average molecular weight is 314 g/mol. The Morgan fingerprint density at radius 3 is 2.48 bits per heavy atom. The molecule has 6 heteroatoms. The van der Waals surface area contributed by atoms with Crippen LogP contribution in [0.3, 0.4) is 0 Å². The summed E-state index contributed by atoms with van der Waals surface area (Å²) in [4.78, 5) is 26.1. The Morgan fingerprint density at radius 1 is 1.22 bits per heavy atom. The molecule has 0 amide bonds. The summed E-state index contributed by atoms with van der Waals surface area (Å²) in [5.41, 5.74) is 1.45. The van der Waals surface area contributed by atoms with Crippen LogP contribution in [0.4, 0.5) is 5.82 Å². The first kappa shape index (κ1) is 16.7. The zero-order valence-electron chi connectivity index (χ0n) is 13.7. The minimum absolute atomic E-state index is 0.360. The third-order valence-electron chi connectivity index (χ3n) is 3.57. The molecule has 0 radical (unpaired) electrons. The van der Waals surface area contributed by atoms with Crippen LogP contribution in [0.25, 0.3) is 0 Å². The summed E-state index contributed by atoms with van der Waals surface area (Å²) >= 11 is 0. The lowest BCUT2D eigenvalue weighted by Crippen LogP contribution is -2.34. The number of aryl methyl sites for hydroxylation is 1. The molecule has 0 unspecified atom stereocenters. The molecule has 0 aliphatic rings. The molecule has 0 saturated carbocycles. The van der Waals surface area contributed by atoms with Crippen LogP contribution in [0.5, 0.6) is 0 Å². The second-order valence-corrected chi connectivity index (χ2v) is 5.31. The van der Waals surface area contributed by atoms with Gasteiger partial charge in [-0.05, 0) is 24.5 Å². The van der Waals surface area contributed by atoms with Crippen LogP contribution >= 0.6 is 0 Å². The van der Waals surface area contributed by atoms with E-state index in [1.165, 1.54) is 18.7 Å². The molecule has 0 bridgehead atoms. The number of rotatable bonds is 6. The molecule has 1 N–H and O–H groups in total. The van der Waals surface area contributed by atoms with E-state index in [4.69, 9.17) is 0 Å². The third-order valence-corrected chi connectivity index (χ3v) is 3.57. The number of nitrogens with one attached hydrogen (secondary N) is 1. The lowest BCUT2D eigenvalue weighted by atomic mass is 10.1. The highest BCUT2D eigenvalue weighted by atomic mass is 16.2. The van der Waals surface area contributed by atoms with Crippen molar-refractivity contribution in [2.75, 3.05) is 11.6 Å². The fraction of sp³-hybridized carbons (Fsp3) is 0.353. The summed E-state index contributed by atoms with van der Waals surface area (Å²) in [7, 11) is 1.43. The van der Waals surface area contributed by atoms with Crippen molar-refractivity contribution in [1.29, 1.82) is 0 Å². The molecule has 1 aromatic carbocycles. The Labute approximate surface area is 135 Å². The predicted molar refractivity (Wildman–Crippen MR) is 93.4 cm³/mol. The average Bonchev–Trinajstić information content (AvgIpc) is 2.55. The molecule has 0 saturated heterocycles. The van der Waals surface area contributed by atoms with Crippen molar-refractivity contribution in [1.82, 2.24) is 9.55 Å². The normalized spacial score (nSPS) is 11.1. The topological polar surface area (TPSA) is 70.5 Å². The molecule has 6 nitrogen and oxygen atoms in total. The van der Waals surface area contributed by atoms with E-state index in [0.717, 1.165) is 23.0 Å². The van der Waals surface area contributed by atoms with Gasteiger partial charge in [-0.3, -0.25) is 14.3 Å². The highest BCUT2D eigenvalue weighted by Gasteiger charge is 2.06. The Hall–Kier alpha value is -2.63. The lowest BCUT2D eigenvalue weighted by Gasteiger charge is -2.16. The smallest absolute Gasteiger partial charge is 0.292 e. The summed E-state index contributed by atoms with van der Waals surface area (Å²) < 4.78 is 1.02. The molecule has 0 spiro atoms. The van der Waals surface area contributed by atoms with Crippen molar-refractivity contribution in [3.05, 3.63) is 62.3 Å². The predicted octanol–water partition coefficient (Wildman–Crippen LogP) is 1.89. The van der Waals surface area contributed by atoms with E-state index < -0.39 is 5.69 Å². The van der Waals surface area contributed by atoms with Crippen molar-refractivity contribution in [3.8, 4) is 0 Å². The van der Waals surface area contributed by atoms with Gasteiger partial charge < -0.3 is 0 Å². The number of aromatic nitrogens is 2. The van der Waals surface area contributed by atoms with Gasteiger partial charge in [-0.2, -0.15) is 5.10 Å². The molecule has 2 aromatic rings. The van der Waals surface area contributed by atoms with Crippen LogP contribution in [0.1, 0.15) is 31.4 Å². The fourth-order valence-corrected chi connectivity index (χ4v) is 2.19. The van der Waals surface area contributed by atoms with Gasteiger partial charge in [0.1, 0.15) is 5.82 Å². The van der Waals surface area contributed by atoms with Crippen LogP contribution in [-0.2, 0) is 13.5 Å². The van der Waals surface area contributed by atoms with E-state index in [-0.39, 0.29) is 5.56 Å². The van der Waals surface area contributed by atoms with Crippen LogP contribution < -0.4 is 16.3 Å². The molecule has 0 fully saturated rings. The molecule has 23 heavy (non-hydrogen) atoms. The summed E-state index contributed by atoms with van der Waals surface area (Å²) in [6.07, 6.45) is 3.90. The Morgan fingerprint density at radius 2 is 1.91 bits per heavy atom.